The Morgan fingerprint density at radius 3 is 2.65 bits per heavy atom. The number of aromatic nitrogens is 2. The number of aromatic hydroxyl groups is 1. The molecule has 16 heteroatoms. The minimum absolute atomic E-state index is 0.0125. The Morgan fingerprint density at radius 1 is 1.15 bits per heavy atom. The zero-order chi connectivity index (χ0) is 44.2. The van der Waals surface area contributed by atoms with Gasteiger partial charge in [-0.3, -0.25) is 24.4 Å². The van der Waals surface area contributed by atoms with Crippen molar-refractivity contribution in [3.05, 3.63) is 76.5 Å². The fourth-order valence-corrected chi connectivity index (χ4v) is 10.3. The number of rotatable bonds is 7. The minimum Gasteiger partial charge on any atom is -0.508 e. The maximum Gasteiger partial charge on any atom is 0.326 e. The fourth-order valence-electron chi connectivity index (χ4n) is 10.3. The summed E-state index contributed by atoms with van der Waals surface area (Å²) in [5.74, 6) is -2.80. The van der Waals surface area contributed by atoms with Gasteiger partial charge in [-0.2, -0.15) is 5.43 Å². The average molecular weight is 852 g/mol. The Balaban J connectivity index is 1.25. The first-order valence-corrected chi connectivity index (χ1v) is 21.7. The van der Waals surface area contributed by atoms with Gasteiger partial charge in [0, 0.05) is 87.2 Å². The van der Waals surface area contributed by atoms with Crippen LogP contribution in [-0.4, -0.2) is 117 Å². The van der Waals surface area contributed by atoms with E-state index in [1.807, 2.05) is 32.0 Å². The first kappa shape index (κ1) is 43.2. The van der Waals surface area contributed by atoms with Crippen LogP contribution in [0.3, 0.4) is 0 Å². The zero-order valence-electron chi connectivity index (χ0n) is 36.6. The van der Waals surface area contributed by atoms with Crippen molar-refractivity contribution >= 4 is 28.6 Å². The summed E-state index contributed by atoms with van der Waals surface area (Å²) in [5, 5.41) is 30.1. The number of phenolic OH excluding ortho intramolecular Hbond substituents is 1. The summed E-state index contributed by atoms with van der Waals surface area (Å²) in [4.78, 5) is 69.5. The maximum absolute atomic E-state index is 14.7. The van der Waals surface area contributed by atoms with E-state index in [0.29, 0.717) is 35.4 Å². The highest BCUT2D eigenvalue weighted by atomic mass is 16.8. The van der Waals surface area contributed by atoms with Gasteiger partial charge in [-0.05, 0) is 77.9 Å². The van der Waals surface area contributed by atoms with Crippen LogP contribution in [0, 0.1) is 22.2 Å². The molecule has 2 fully saturated rings. The number of carbonyl (C=O) groups excluding carboxylic acids is 3. The van der Waals surface area contributed by atoms with Gasteiger partial charge in [0.1, 0.15) is 23.9 Å². The lowest BCUT2D eigenvalue weighted by Crippen LogP contribution is -2.62. The predicted molar refractivity (Wildman–Crippen MR) is 231 cm³/mol. The molecule has 2 saturated heterocycles. The van der Waals surface area contributed by atoms with Crippen LogP contribution in [-0.2, 0) is 36.9 Å². The normalized spacial score (nSPS) is 25.2. The molecule has 7 atom stereocenters. The average Bonchev–Trinajstić information content (AvgIpc) is 3.83. The molecule has 4 aliphatic rings. The van der Waals surface area contributed by atoms with E-state index in [9.17, 15) is 29.5 Å². The monoisotopic (exact) mass is 851 g/mol. The van der Waals surface area contributed by atoms with Crippen molar-refractivity contribution < 1.29 is 39.1 Å². The van der Waals surface area contributed by atoms with Crippen molar-refractivity contribution in [2.24, 2.45) is 17.3 Å². The molecule has 8 rings (SSSR count). The lowest BCUT2D eigenvalue weighted by molar-refractivity contribution is -0.835. The molecule has 1 aliphatic carbocycles. The number of likely N-dealkylation sites (N-methyl/N-ethyl adjacent to an activating group) is 1. The van der Waals surface area contributed by atoms with E-state index in [1.165, 1.54) is 9.91 Å². The van der Waals surface area contributed by atoms with Crippen molar-refractivity contribution in [1.82, 2.24) is 35.5 Å². The number of nitrogens with one attached hydrogen (secondary N) is 3. The number of aliphatic hydroxyl groups is 1. The second kappa shape index (κ2) is 17.0. The van der Waals surface area contributed by atoms with Gasteiger partial charge >= 0.3 is 6.17 Å². The third-order valence-corrected chi connectivity index (χ3v) is 13.3. The SMILES string of the molecule is CCn1c2c3c4cc(ccc41)-c1cc(O)cc(c1)CC(NC(=O)[C@H](C(C)C)N(C)C(=O)[C@@H]1CNC[C@@H]1O)C(=O)N1CCC[C@H](N1)[N+](=O)OCC(C)(C)C3[C@H](OC)c1ncccc1-2. The number of hydrogen-bond donors (Lipinski definition) is 5. The molecule has 2 unspecified atom stereocenters. The Hall–Kier alpha value is -5.42. The molecule has 0 spiro atoms. The van der Waals surface area contributed by atoms with Crippen LogP contribution in [0.4, 0.5) is 0 Å². The lowest BCUT2D eigenvalue weighted by atomic mass is 9.67. The quantitative estimate of drug-likeness (QED) is 0.180. The van der Waals surface area contributed by atoms with Crippen molar-refractivity contribution in [2.45, 2.75) is 96.8 Å². The summed E-state index contributed by atoms with van der Waals surface area (Å²) in [6.45, 7) is 11.4. The number of aliphatic hydroxyl groups excluding tert-OH is 1. The second-order valence-electron chi connectivity index (χ2n) is 18.3. The molecule has 2 aromatic carbocycles. The molecule has 4 aromatic rings. The molecule has 6 bridgehead atoms. The van der Waals surface area contributed by atoms with E-state index in [4.69, 9.17) is 14.6 Å². The maximum atomic E-state index is 14.7. The first-order chi connectivity index (χ1) is 29.6. The number of hydrazine groups is 1. The Bertz CT molecular complexity index is 2400. The summed E-state index contributed by atoms with van der Waals surface area (Å²) in [5.41, 5.74) is 9.39. The van der Waals surface area contributed by atoms with Crippen LogP contribution >= 0.6 is 0 Å². The van der Waals surface area contributed by atoms with Crippen LogP contribution in [0.15, 0.2) is 54.7 Å². The molecular formula is C46H59N8O8+. The number of ether oxygens (including phenoxy) is 1. The predicted octanol–water partition coefficient (Wildman–Crippen LogP) is 4.17. The van der Waals surface area contributed by atoms with Gasteiger partial charge in [-0.15, -0.1) is 0 Å². The number of aryl methyl sites for hydroxylation is 1. The molecule has 330 valence electrons. The van der Waals surface area contributed by atoms with Crippen molar-refractivity contribution in [3.8, 4) is 28.1 Å². The Morgan fingerprint density at radius 2 is 1.94 bits per heavy atom. The van der Waals surface area contributed by atoms with Gasteiger partial charge in [-0.25, -0.2) is 4.84 Å². The second-order valence-corrected chi connectivity index (χ2v) is 18.3. The molecule has 0 radical (unpaired) electrons. The molecular weight excluding hydrogens is 793 g/mol. The van der Waals surface area contributed by atoms with E-state index in [1.54, 1.807) is 32.5 Å². The standard InChI is InChI=1S/C46H58N8O8/c1-8-52-34-14-13-27-21-31(34)37-38(42(61-7)39-30(41(37)52)11-9-15-48-39)46(4,5)24-62-54(60)36-12-10-16-53(50-36)45(59)33(19-26-17-28(27)20-29(55)18-26)49-43(57)40(25(2)3)51(6)44(58)32-22-47-23-35(32)56/h9,11,13-15,17-18,20-21,25,32-33,35-36,38,40,42,47,50,56H,8,10,12,16,19,22-24H2,1-7H3,(H-,49,55,57)/p+1/t32-,33?,35+,36-,38?,40+,42+/m1/s1. The van der Waals surface area contributed by atoms with Gasteiger partial charge in [0.2, 0.25) is 16.7 Å². The molecule has 2 aromatic heterocycles. The summed E-state index contributed by atoms with van der Waals surface area (Å²) in [6, 6.07) is 13.3. The molecule has 16 nitrogen and oxygen atoms in total. The van der Waals surface area contributed by atoms with Crippen molar-refractivity contribution in [1.29, 1.82) is 0 Å². The Kier molecular flexibility index (Phi) is 11.9. The fraction of sp³-hybridized carbons (Fsp3) is 0.522. The minimum atomic E-state index is -1.17. The lowest BCUT2D eigenvalue weighted by Gasteiger charge is -2.41. The van der Waals surface area contributed by atoms with Gasteiger partial charge < -0.3 is 35.1 Å². The van der Waals surface area contributed by atoms with Gasteiger partial charge in [0.15, 0.2) is 6.61 Å². The summed E-state index contributed by atoms with van der Waals surface area (Å²) < 4.78 is 8.62. The molecule has 5 N–H and O–H groups in total. The number of nitrogens with zero attached hydrogens (tertiary/aromatic N) is 5. The number of β-amino-alcohol motifs (C(OH)–C–C–N with tert-alkyl or cyclic N) is 1. The van der Waals surface area contributed by atoms with Crippen LogP contribution in [0.2, 0.25) is 0 Å². The van der Waals surface area contributed by atoms with E-state index in [-0.39, 0.29) is 56.2 Å². The number of hydrogen-bond acceptors (Lipinski definition) is 11. The zero-order valence-corrected chi connectivity index (χ0v) is 36.6. The summed E-state index contributed by atoms with van der Waals surface area (Å²) in [7, 11) is 3.23. The number of phenols is 1. The number of amides is 3. The van der Waals surface area contributed by atoms with Gasteiger partial charge in [-0.1, -0.05) is 39.8 Å². The van der Waals surface area contributed by atoms with Crippen LogP contribution in [0.1, 0.15) is 76.3 Å². The van der Waals surface area contributed by atoms with Crippen molar-refractivity contribution in [3.63, 3.8) is 0 Å². The molecule has 3 aliphatic heterocycles. The molecule has 5 heterocycles. The summed E-state index contributed by atoms with van der Waals surface area (Å²) >= 11 is 0. The Labute approximate surface area is 361 Å². The summed E-state index contributed by atoms with van der Waals surface area (Å²) in [6.07, 6.45) is 0.361. The van der Waals surface area contributed by atoms with Gasteiger partial charge in [0.25, 0.3) is 5.91 Å². The largest absolute Gasteiger partial charge is 0.508 e. The van der Waals surface area contributed by atoms with E-state index in [2.05, 4.69) is 59.6 Å². The van der Waals surface area contributed by atoms with E-state index < -0.39 is 53.6 Å². The van der Waals surface area contributed by atoms with E-state index >= 15 is 0 Å². The third kappa shape index (κ3) is 7.71. The van der Waals surface area contributed by atoms with Crippen LogP contribution < -0.4 is 16.1 Å². The third-order valence-electron chi connectivity index (χ3n) is 13.3. The first-order valence-electron chi connectivity index (χ1n) is 21.7. The number of benzene rings is 2. The van der Waals surface area contributed by atoms with E-state index in [0.717, 1.165) is 39.0 Å². The number of fused-ring (bicyclic) bond motifs is 8. The van der Waals surface area contributed by atoms with Crippen LogP contribution in [0.25, 0.3) is 33.3 Å². The highest BCUT2D eigenvalue weighted by Gasteiger charge is 2.49. The molecule has 62 heavy (non-hydrogen) atoms. The molecule has 3 amide bonds. The topological polar surface area (TPSA) is 191 Å². The number of pyridine rings is 1. The van der Waals surface area contributed by atoms with Gasteiger partial charge in [0.05, 0.1) is 28.3 Å². The number of methoxy groups -OCH3 is 1. The molecule has 0 saturated carbocycles. The smallest absolute Gasteiger partial charge is 0.326 e. The number of carbonyl (C=O) groups is 3. The van der Waals surface area contributed by atoms with Crippen molar-refractivity contribution in [2.75, 3.05) is 40.4 Å². The van der Waals surface area contributed by atoms with Crippen LogP contribution in [0.5, 0.6) is 5.75 Å². The highest BCUT2D eigenvalue weighted by Crippen LogP contribution is 2.57. The highest BCUT2D eigenvalue weighted by molar-refractivity contribution is 5.97.